The number of aryl methyl sites for hydroxylation is 1. The SMILES string of the molecule is COCCCNC(=O)c1cn2ccnc(-c3ccc(C)cc3)c2n1. The van der Waals surface area contributed by atoms with E-state index >= 15 is 0 Å². The van der Waals surface area contributed by atoms with Crippen LogP contribution in [0.5, 0.6) is 0 Å². The summed E-state index contributed by atoms with van der Waals surface area (Å²) in [4.78, 5) is 21.1. The van der Waals surface area contributed by atoms with Gasteiger partial charge in [0, 0.05) is 44.4 Å². The molecule has 1 N–H and O–H groups in total. The molecule has 0 unspecified atom stereocenters. The number of hydrogen-bond donors (Lipinski definition) is 1. The highest BCUT2D eigenvalue weighted by atomic mass is 16.5. The summed E-state index contributed by atoms with van der Waals surface area (Å²) in [5.74, 6) is -0.190. The summed E-state index contributed by atoms with van der Waals surface area (Å²) in [7, 11) is 1.64. The van der Waals surface area contributed by atoms with Crippen molar-refractivity contribution >= 4 is 11.6 Å². The van der Waals surface area contributed by atoms with E-state index in [9.17, 15) is 4.79 Å². The predicted octanol–water partition coefficient (Wildman–Crippen LogP) is 2.47. The van der Waals surface area contributed by atoms with Crippen molar-refractivity contribution in [2.45, 2.75) is 13.3 Å². The maximum Gasteiger partial charge on any atom is 0.271 e. The summed E-state index contributed by atoms with van der Waals surface area (Å²) in [6.07, 6.45) is 6.00. The number of nitrogens with one attached hydrogen (secondary N) is 1. The van der Waals surface area contributed by atoms with Crippen molar-refractivity contribution in [3.63, 3.8) is 0 Å². The molecule has 0 radical (unpaired) electrons. The summed E-state index contributed by atoms with van der Waals surface area (Å²) in [5, 5.41) is 2.85. The highest BCUT2D eigenvalue weighted by Gasteiger charge is 2.14. The molecular formula is C18H20N4O2. The number of carbonyl (C=O) groups is 1. The summed E-state index contributed by atoms with van der Waals surface area (Å²) in [6.45, 7) is 3.22. The number of ether oxygens (including phenoxy) is 1. The summed E-state index contributed by atoms with van der Waals surface area (Å²) in [5.41, 5.74) is 3.97. The number of benzene rings is 1. The molecule has 0 aliphatic carbocycles. The van der Waals surface area contributed by atoms with Crippen LogP contribution in [0.25, 0.3) is 16.9 Å². The first-order chi connectivity index (χ1) is 11.7. The molecule has 0 aliphatic rings. The maximum absolute atomic E-state index is 12.2. The topological polar surface area (TPSA) is 68.5 Å². The van der Waals surface area contributed by atoms with E-state index in [2.05, 4.69) is 15.3 Å². The quantitative estimate of drug-likeness (QED) is 0.707. The van der Waals surface area contributed by atoms with Crippen molar-refractivity contribution in [1.29, 1.82) is 0 Å². The van der Waals surface area contributed by atoms with E-state index in [0.29, 0.717) is 24.5 Å². The molecule has 0 saturated carbocycles. The zero-order valence-corrected chi connectivity index (χ0v) is 13.8. The molecule has 6 heteroatoms. The normalized spacial score (nSPS) is 10.9. The van der Waals surface area contributed by atoms with Crippen molar-refractivity contribution < 1.29 is 9.53 Å². The zero-order chi connectivity index (χ0) is 16.9. The molecule has 1 aromatic carbocycles. The van der Waals surface area contributed by atoms with E-state index in [-0.39, 0.29) is 5.91 Å². The van der Waals surface area contributed by atoms with Gasteiger partial charge in [0.05, 0.1) is 0 Å². The van der Waals surface area contributed by atoms with Gasteiger partial charge in [0.1, 0.15) is 11.4 Å². The molecule has 2 heterocycles. The minimum absolute atomic E-state index is 0.190. The lowest BCUT2D eigenvalue weighted by Gasteiger charge is -2.03. The molecule has 0 bridgehead atoms. The highest BCUT2D eigenvalue weighted by Crippen LogP contribution is 2.22. The third-order valence-electron chi connectivity index (χ3n) is 3.74. The Bertz CT molecular complexity index is 840. The molecule has 3 rings (SSSR count). The van der Waals surface area contributed by atoms with Crippen molar-refractivity contribution in [1.82, 2.24) is 19.7 Å². The molecule has 0 spiro atoms. The van der Waals surface area contributed by atoms with Gasteiger partial charge in [-0.2, -0.15) is 0 Å². The Labute approximate surface area is 140 Å². The van der Waals surface area contributed by atoms with Crippen LogP contribution in [0.4, 0.5) is 0 Å². The average Bonchev–Trinajstić information content (AvgIpc) is 3.03. The van der Waals surface area contributed by atoms with Gasteiger partial charge in [-0.3, -0.25) is 9.78 Å². The van der Waals surface area contributed by atoms with Crippen LogP contribution < -0.4 is 5.32 Å². The number of aromatic nitrogens is 3. The fourth-order valence-corrected chi connectivity index (χ4v) is 2.45. The number of fused-ring (bicyclic) bond motifs is 1. The first-order valence-electron chi connectivity index (χ1n) is 7.87. The van der Waals surface area contributed by atoms with E-state index in [1.165, 1.54) is 5.56 Å². The van der Waals surface area contributed by atoms with Crippen molar-refractivity contribution in [3.05, 3.63) is 54.1 Å². The first-order valence-corrected chi connectivity index (χ1v) is 7.87. The van der Waals surface area contributed by atoms with Crippen molar-refractivity contribution in [3.8, 4) is 11.3 Å². The Morgan fingerprint density at radius 1 is 1.29 bits per heavy atom. The van der Waals surface area contributed by atoms with Gasteiger partial charge < -0.3 is 14.5 Å². The largest absolute Gasteiger partial charge is 0.385 e. The van der Waals surface area contributed by atoms with E-state index in [1.807, 2.05) is 35.6 Å². The second-order valence-corrected chi connectivity index (χ2v) is 5.60. The number of amides is 1. The van der Waals surface area contributed by atoms with Crippen LogP contribution in [0, 0.1) is 6.92 Å². The minimum Gasteiger partial charge on any atom is -0.385 e. The lowest BCUT2D eigenvalue weighted by Crippen LogP contribution is -2.25. The minimum atomic E-state index is -0.190. The van der Waals surface area contributed by atoms with Crippen molar-refractivity contribution in [2.24, 2.45) is 0 Å². The molecule has 2 aromatic heterocycles. The van der Waals surface area contributed by atoms with Crippen LogP contribution in [-0.4, -0.2) is 40.5 Å². The molecule has 124 valence electrons. The molecule has 0 saturated heterocycles. The number of rotatable bonds is 6. The van der Waals surface area contributed by atoms with Gasteiger partial charge >= 0.3 is 0 Å². The van der Waals surface area contributed by atoms with Gasteiger partial charge in [-0.25, -0.2) is 4.98 Å². The van der Waals surface area contributed by atoms with Gasteiger partial charge in [0.15, 0.2) is 5.65 Å². The number of carbonyl (C=O) groups excluding carboxylic acids is 1. The monoisotopic (exact) mass is 324 g/mol. The average molecular weight is 324 g/mol. The molecule has 0 atom stereocenters. The molecule has 1 amide bonds. The smallest absolute Gasteiger partial charge is 0.271 e. The van der Waals surface area contributed by atoms with Gasteiger partial charge in [0.25, 0.3) is 5.91 Å². The van der Waals surface area contributed by atoms with Crippen LogP contribution in [0.3, 0.4) is 0 Å². The summed E-state index contributed by atoms with van der Waals surface area (Å²) in [6, 6.07) is 8.09. The third kappa shape index (κ3) is 3.44. The molecule has 0 aliphatic heterocycles. The van der Waals surface area contributed by atoms with E-state index < -0.39 is 0 Å². The summed E-state index contributed by atoms with van der Waals surface area (Å²) < 4.78 is 6.80. The number of hydrogen-bond acceptors (Lipinski definition) is 4. The lowest BCUT2D eigenvalue weighted by atomic mass is 10.1. The summed E-state index contributed by atoms with van der Waals surface area (Å²) >= 11 is 0. The van der Waals surface area contributed by atoms with E-state index in [0.717, 1.165) is 17.7 Å². The Balaban J connectivity index is 1.87. The number of nitrogens with zero attached hydrogens (tertiary/aromatic N) is 3. The fourth-order valence-electron chi connectivity index (χ4n) is 2.45. The Hall–Kier alpha value is -2.73. The Kier molecular flexibility index (Phi) is 4.86. The van der Waals surface area contributed by atoms with E-state index in [4.69, 9.17) is 4.74 Å². The van der Waals surface area contributed by atoms with Crippen LogP contribution in [0.1, 0.15) is 22.5 Å². The number of imidazole rings is 1. The third-order valence-corrected chi connectivity index (χ3v) is 3.74. The highest BCUT2D eigenvalue weighted by molar-refractivity contribution is 5.93. The predicted molar refractivity (Wildman–Crippen MR) is 92.0 cm³/mol. The standard InChI is InChI=1S/C18H20N4O2/c1-13-4-6-14(7-5-13)16-17-21-15(12-22(17)10-9-19-16)18(23)20-8-3-11-24-2/h4-7,9-10,12H,3,8,11H2,1-2H3,(H,20,23). The maximum atomic E-state index is 12.2. The second kappa shape index (κ2) is 7.23. The second-order valence-electron chi connectivity index (χ2n) is 5.60. The molecule has 0 fully saturated rings. The fraction of sp³-hybridized carbons (Fsp3) is 0.278. The van der Waals surface area contributed by atoms with Gasteiger partial charge in [0.2, 0.25) is 0 Å². The Morgan fingerprint density at radius 2 is 2.08 bits per heavy atom. The molecule has 24 heavy (non-hydrogen) atoms. The molecule has 3 aromatic rings. The Morgan fingerprint density at radius 3 is 2.83 bits per heavy atom. The first kappa shape index (κ1) is 16.1. The molecular weight excluding hydrogens is 304 g/mol. The van der Waals surface area contributed by atoms with Crippen LogP contribution in [0.2, 0.25) is 0 Å². The van der Waals surface area contributed by atoms with Crippen molar-refractivity contribution in [2.75, 3.05) is 20.3 Å². The van der Waals surface area contributed by atoms with Crippen LogP contribution >= 0.6 is 0 Å². The van der Waals surface area contributed by atoms with Gasteiger partial charge in [-0.15, -0.1) is 0 Å². The lowest BCUT2D eigenvalue weighted by molar-refractivity contribution is 0.0944. The van der Waals surface area contributed by atoms with Gasteiger partial charge in [-0.05, 0) is 13.3 Å². The van der Waals surface area contributed by atoms with Crippen LogP contribution in [0.15, 0.2) is 42.9 Å². The molecule has 6 nitrogen and oxygen atoms in total. The number of methoxy groups -OCH3 is 1. The van der Waals surface area contributed by atoms with Gasteiger partial charge in [-0.1, -0.05) is 29.8 Å². The van der Waals surface area contributed by atoms with E-state index in [1.54, 1.807) is 25.7 Å². The zero-order valence-electron chi connectivity index (χ0n) is 13.8. The van der Waals surface area contributed by atoms with Crippen LogP contribution in [-0.2, 0) is 4.74 Å².